The molecule has 1 aromatic rings. The first-order chi connectivity index (χ1) is 6.25. The quantitative estimate of drug-likeness (QED) is 0.294. The summed E-state index contributed by atoms with van der Waals surface area (Å²) >= 11 is 0. The van der Waals surface area contributed by atoms with Gasteiger partial charge in [-0.3, -0.25) is 0 Å². The third kappa shape index (κ3) is 3.53. The molecular weight excluding hydrogens is 197 g/mol. The molecule has 5 nitrogen and oxygen atoms in total. The Morgan fingerprint density at radius 1 is 1.71 bits per heavy atom. The van der Waals surface area contributed by atoms with Gasteiger partial charge in [-0.1, -0.05) is 5.16 Å². The van der Waals surface area contributed by atoms with Gasteiger partial charge in [-0.05, 0) is 19.1 Å². The van der Waals surface area contributed by atoms with Gasteiger partial charge in [-0.2, -0.15) is 0 Å². The number of nitrogens with zero attached hydrogens (tertiary/aromatic N) is 1. The minimum Gasteiger partial charge on any atom is -0.543 e. The van der Waals surface area contributed by atoms with Gasteiger partial charge in [0.15, 0.2) is 11.5 Å². The normalized spacial score (nSPS) is 10.5. The van der Waals surface area contributed by atoms with Crippen molar-refractivity contribution in [1.29, 1.82) is 0 Å². The molecule has 1 heterocycles. The minimum atomic E-state index is -1.43. The van der Waals surface area contributed by atoms with E-state index in [1.165, 1.54) is 12.3 Å². The summed E-state index contributed by atoms with van der Waals surface area (Å²) in [6, 6.07) is 3.02. The van der Waals surface area contributed by atoms with Crippen LogP contribution in [-0.4, -0.2) is 18.3 Å². The second-order valence-corrected chi connectivity index (χ2v) is 2.12. The van der Waals surface area contributed by atoms with Gasteiger partial charge in [-0.15, -0.1) is 0 Å². The zero-order chi connectivity index (χ0) is 9.68. The number of oxime groups is 1. The Kier molecular flexibility index (Phi) is 6.27. The Bertz CT molecular complexity index is 307. The molecule has 0 atom stereocenters. The maximum atomic E-state index is 10.5. The molecule has 0 bridgehead atoms. The number of carbonyl (C=O) groups is 1. The molecule has 0 saturated heterocycles. The fourth-order valence-corrected chi connectivity index (χ4v) is 0.725. The molecule has 0 fully saturated rings. The van der Waals surface area contributed by atoms with Crippen LogP contribution in [0.1, 0.15) is 12.7 Å². The maximum Gasteiger partial charge on any atom is 1.00 e. The number of hydrogen-bond donors (Lipinski definition) is 0. The van der Waals surface area contributed by atoms with Gasteiger partial charge in [-0.25, -0.2) is 0 Å². The van der Waals surface area contributed by atoms with Crippen molar-refractivity contribution in [2.24, 2.45) is 5.16 Å². The Morgan fingerprint density at radius 2 is 2.43 bits per heavy atom. The molecule has 0 unspecified atom stereocenters. The fraction of sp³-hybridized carbons (Fsp3) is 0.250. The number of rotatable bonds is 4. The molecular formula is C8H8NNaO4. The molecule has 1 rings (SSSR count). The van der Waals surface area contributed by atoms with Crippen LogP contribution in [0.4, 0.5) is 0 Å². The van der Waals surface area contributed by atoms with Gasteiger partial charge in [0.2, 0.25) is 0 Å². The van der Waals surface area contributed by atoms with E-state index in [9.17, 15) is 9.90 Å². The fourth-order valence-electron chi connectivity index (χ4n) is 0.725. The molecule has 0 N–H and O–H groups in total. The van der Waals surface area contributed by atoms with Crippen molar-refractivity contribution < 1.29 is 48.7 Å². The van der Waals surface area contributed by atoms with E-state index in [1.807, 2.05) is 0 Å². The number of carboxylic acid groups (broad SMARTS) is 1. The van der Waals surface area contributed by atoms with Gasteiger partial charge < -0.3 is 19.2 Å². The number of aliphatic carboxylic acids is 1. The maximum absolute atomic E-state index is 10.5. The third-order valence-electron chi connectivity index (χ3n) is 1.23. The standard InChI is InChI=1S/C8H9NO4.Na/c1-2-13-9-7(8(10)11)6-4-3-5-12-6;/h3-5H,2H2,1H3,(H,10,11);/q;+1/p-1/b9-7-;. The van der Waals surface area contributed by atoms with Crippen LogP contribution >= 0.6 is 0 Å². The van der Waals surface area contributed by atoms with Crippen LogP contribution in [-0.2, 0) is 9.63 Å². The molecule has 6 heteroatoms. The van der Waals surface area contributed by atoms with Crippen molar-refractivity contribution in [2.45, 2.75) is 6.92 Å². The predicted molar refractivity (Wildman–Crippen MR) is 41.9 cm³/mol. The van der Waals surface area contributed by atoms with Crippen molar-refractivity contribution in [1.82, 2.24) is 0 Å². The van der Waals surface area contributed by atoms with Crippen molar-refractivity contribution >= 4 is 11.7 Å². The van der Waals surface area contributed by atoms with Crippen molar-refractivity contribution in [2.75, 3.05) is 6.61 Å². The zero-order valence-corrected chi connectivity index (χ0v) is 10.0. The van der Waals surface area contributed by atoms with Crippen molar-refractivity contribution in [3.63, 3.8) is 0 Å². The molecule has 0 spiro atoms. The smallest absolute Gasteiger partial charge is 0.543 e. The molecule has 1 aromatic heterocycles. The summed E-state index contributed by atoms with van der Waals surface area (Å²) in [7, 11) is 0. The first-order valence-corrected chi connectivity index (χ1v) is 3.71. The van der Waals surface area contributed by atoms with E-state index in [4.69, 9.17) is 4.42 Å². The van der Waals surface area contributed by atoms with Crippen LogP contribution in [0.3, 0.4) is 0 Å². The van der Waals surface area contributed by atoms with E-state index in [0.29, 0.717) is 0 Å². The third-order valence-corrected chi connectivity index (χ3v) is 1.23. The first-order valence-electron chi connectivity index (χ1n) is 3.71. The Balaban J connectivity index is 0.00000169. The van der Waals surface area contributed by atoms with Crippen LogP contribution in [0.15, 0.2) is 28.0 Å². The molecule has 0 amide bonds. The van der Waals surface area contributed by atoms with Crippen LogP contribution in [0.25, 0.3) is 0 Å². The van der Waals surface area contributed by atoms with Crippen LogP contribution in [0.2, 0.25) is 0 Å². The Morgan fingerprint density at radius 3 is 2.86 bits per heavy atom. The van der Waals surface area contributed by atoms with E-state index in [0.717, 1.165) is 0 Å². The minimum absolute atomic E-state index is 0. The van der Waals surface area contributed by atoms with Crippen LogP contribution in [0.5, 0.6) is 0 Å². The molecule has 0 saturated carbocycles. The van der Waals surface area contributed by atoms with Gasteiger partial charge in [0.1, 0.15) is 6.61 Å². The van der Waals surface area contributed by atoms with Crippen molar-refractivity contribution in [3.05, 3.63) is 24.2 Å². The summed E-state index contributed by atoms with van der Waals surface area (Å²) in [5, 5.41) is 13.9. The topological polar surface area (TPSA) is 74.9 Å². The average Bonchev–Trinajstić information content (AvgIpc) is 2.57. The number of furan rings is 1. The first kappa shape index (κ1) is 13.2. The average molecular weight is 205 g/mol. The van der Waals surface area contributed by atoms with E-state index >= 15 is 0 Å². The van der Waals surface area contributed by atoms with Gasteiger partial charge in [0.05, 0.1) is 12.2 Å². The van der Waals surface area contributed by atoms with Gasteiger partial charge >= 0.3 is 29.6 Å². The second-order valence-electron chi connectivity index (χ2n) is 2.12. The van der Waals surface area contributed by atoms with E-state index in [-0.39, 0.29) is 47.6 Å². The molecule has 14 heavy (non-hydrogen) atoms. The van der Waals surface area contributed by atoms with Crippen LogP contribution < -0.4 is 34.7 Å². The molecule has 0 aliphatic carbocycles. The van der Waals surface area contributed by atoms with E-state index in [1.54, 1.807) is 13.0 Å². The molecule has 0 aliphatic heterocycles. The molecule has 0 aliphatic rings. The zero-order valence-electron chi connectivity index (χ0n) is 8.02. The molecule has 0 radical (unpaired) electrons. The predicted octanol–water partition coefficient (Wildman–Crippen LogP) is -3.23. The molecule has 70 valence electrons. The summed E-state index contributed by atoms with van der Waals surface area (Å²) in [6.45, 7) is 1.98. The largest absolute Gasteiger partial charge is 1.00 e. The van der Waals surface area contributed by atoms with E-state index in [2.05, 4.69) is 9.99 Å². The monoisotopic (exact) mass is 205 g/mol. The SMILES string of the molecule is CCO/N=C(\C(=O)[O-])c1ccco1.[Na+]. The van der Waals surface area contributed by atoms with Crippen LogP contribution in [0, 0.1) is 0 Å². The second kappa shape index (κ2) is 6.64. The van der Waals surface area contributed by atoms with Gasteiger partial charge in [0, 0.05) is 0 Å². The number of hydrogen-bond acceptors (Lipinski definition) is 5. The van der Waals surface area contributed by atoms with Gasteiger partial charge in [0.25, 0.3) is 0 Å². The number of carboxylic acids is 1. The summed E-state index contributed by atoms with van der Waals surface area (Å²) < 4.78 is 4.82. The summed E-state index contributed by atoms with van der Waals surface area (Å²) in [6.07, 6.45) is 1.35. The molecule has 0 aromatic carbocycles. The Labute approximate surface area is 103 Å². The summed E-state index contributed by atoms with van der Waals surface area (Å²) in [5.74, 6) is -1.31. The van der Waals surface area contributed by atoms with Crippen molar-refractivity contribution in [3.8, 4) is 0 Å². The summed E-state index contributed by atoms with van der Waals surface area (Å²) in [5.41, 5.74) is -0.341. The number of carbonyl (C=O) groups excluding carboxylic acids is 1. The Hall–Kier alpha value is -0.780. The van der Waals surface area contributed by atoms with E-state index < -0.39 is 5.97 Å². The summed E-state index contributed by atoms with van der Waals surface area (Å²) in [4.78, 5) is 15.1.